The Morgan fingerprint density at radius 1 is 1.19 bits per heavy atom. The average Bonchev–Trinajstić information content (AvgIpc) is 2.46. The Balaban J connectivity index is 2.41. The van der Waals surface area contributed by atoms with E-state index in [1.54, 1.807) is 11.9 Å². The number of amides is 1. The topological polar surface area (TPSA) is 55.8 Å². The lowest BCUT2D eigenvalue weighted by Gasteiger charge is -2.18. The van der Waals surface area contributed by atoms with E-state index in [9.17, 15) is 9.59 Å². The molecule has 0 N–H and O–H groups in total. The van der Waals surface area contributed by atoms with Crippen LogP contribution in [0.25, 0.3) is 0 Å². The molecule has 5 nitrogen and oxygen atoms in total. The monoisotopic (exact) mass is 293 g/mol. The predicted molar refractivity (Wildman–Crippen MR) is 80.3 cm³/mol. The number of benzene rings is 1. The second-order valence-corrected chi connectivity index (χ2v) is 5.00. The predicted octanol–water partition coefficient (Wildman–Crippen LogP) is 2.09. The van der Waals surface area contributed by atoms with Gasteiger partial charge in [-0.05, 0) is 31.4 Å². The second-order valence-electron chi connectivity index (χ2n) is 5.00. The summed E-state index contributed by atoms with van der Waals surface area (Å²) in [6, 6.07) is 5.86. The van der Waals surface area contributed by atoms with Gasteiger partial charge in [0, 0.05) is 20.0 Å². The second kappa shape index (κ2) is 8.29. The van der Waals surface area contributed by atoms with Crippen molar-refractivity contribution < 1.29 is 19.1 Å². The number of aryl methyl sites for hydroxylation is 2. The van der Waals surface area contributed by atoms with E-state index in [0.29, 0.717) is 19.4 Å². The summed E-state index contributed by atoms with van der Waals surface area (Å²) < 4.78 is 10.2. The first-order valence-corrected chi connectivity index (χ1v) is 6.95. The summed E-state index contributed by atoms with van der Waals surface area (Å²) >= 11 is 0. The number of methoxy groups -OCH3 is 1. The lowest BCUT2D eigenvalue weighted by Crippen LogP contribution is -2.32. The van der Waals surface area contributed by atoms with Crippen LogP contribution < -0.4 is 4.74 Å². The zero-order valence-electron chi connectivity index (χ0n) is 13.1. The van der Waals surface area contributed by atoms with Gasteiger partial charge in [0.05, 0.1) is 7.11 Å². The maximum Gasteiger partial charge on any atom is 0.305 e. The largest absolute Gasteiger partial charge is 0.483 e. The summed E-state index contributed by atoms with van der Waals surface area (Å²) in [7, 11) is 3.06. The Kier molecular flexibility index (Phi) is 6.72. The maximum absolute atomic E-state index is 12.0. The average molecular weight is 293 g/mol. The summed E-state index contributed by atoms with van der Waals surface area (Å²) in [5, 5.41) is 0. The van der Waals surface area contributed by atoms with E-state index in [-0.39, 0.29) is 18.5 Å². The number of ether oxygens (including phenoxy) is 2. The van der Waals surface area contributed by atoms with Crippen LogP contribution in [0.15, 0.2) is 18.2 Å². The van der Waals surface area contributed by atoms with Crippen LogP contribution in [-0.4, -0.2) is 44.1 Å². The summed E-state index contributed by atoms with van der Waals surface area (Å²) in [6.07, 6.45) is 0.893. The van der Waals surface area contributed by atoms with Crippen molar-refractivity contribution in [3.8, 4) is 5.75 Å². The van der Waals surface area contributed by atoms with Crippen molar-refractivity contribution >= 4 is 11.9 Å². The molecule has 1 aromatic rings. The van der Waals surface area contributed by atoms with Crippen molar-refractivity contribution in [1.82, 2.24) is 4.90 Å². The number of carbonyl (C=O) groups excluding carboxylic acids is 2. The molecule has 0 radical (unpaired) electrons. The number of nitrogens with zero attached hydrogens (tertiary/aromatic N) is 1. The van der Waals surface area contributed by atoms with Crippen molar-refractivity contribution in [2.24, 2.45) is 0 Å². The molecule has 0 unspecified atom stereocenters. The van der Waals surface area contributed by atoms with Crippen molar-refractivity contribution in [2.45, 2.75) is 26.7 Å². The van der Waals surface area contributed by atoms with Crippen LogP contribution in [0.4, 0.5) is 0 Å². The Morgan fingerprint density at radius 2 is 1.81 bits per heavy atom. The molecule has 0 aliphatic rings. The van der Waals surface area contributed by atoms with E-state index in [4.69, 9.17) is 4.74 Å². The fourth-order valence-electron chi connectivity index (χ4n) is 1.96. The summed E-state index contributed by atoms with van der Waals surface area (Å²) in [4.78, 5) is 24.5. The molecule has 21 heavy (non-hydrogen) atoms. The molecule has 0 aliphatic carbocycles. The first kappa shape index (κ1) is 17.0. The van der Waals surface area contributed by atoms with Crippen molar-refractivity contribution in [3.63, 3.8) is 0 Å². The van der Waals surface area contributed by atoms with E-state index in [1.165, 1.54) is 7.11 Å². The van der Waals surface area contributed by atoms with Gasteiger partial charge in [-0.15, -0.1) is 0 Å². The molecular formula is C16H23NO4. The zero-order chi connectivity index (χ0) is 15.8. The normalized spacial score (nSPS) is 10.1. The van der Waals surface area contributed by atoms with Crippen LogP contribution in [0.5, 0.6) is 5.75 Å². The minimum Gasteiger partial charge on any atom is -0.483 e. The van der Waals surface area contributed by atoms with E-state index in [0.717, 1.165) is 16.9 Å². The van der Waals surface area contributed by atoms with Crippen molar-refractivity contribution in [2.75, 3.05) is 27.3 Å². The molecule has 0 heterocycles. The van der Waals surface area contributed by atoms with E-state index < -0.39 is 0 Å². The summed E-state index contributed by atoms with van der Waals surface area (Å²) in [5.41, 5.74) is 2.02. The Bertz CT molecular complexity index is 479. The van der Waals surface area contributed by atoms with Gasteiger partial charge in [-0.1, -0.05) is 18.2 Å². The lowest BCUT2D eigenvalue weighted by molar-refractivity contribution is -0.141. The number of likely N-dealkylation sites (N-methyl/N-ethyl adjacent to an activating group) is 1. The Morgan fingerprint density at radius 3 is 2.38 bits per heavy atom. The maximum atomic E-state index is 12.0. The molecule has 0 saturated heterocycles. The Labute approximate surface area is 125 Å². The number of hydrogen-bond donors (Lipinski definition) is 0. The highest BCUT2D eigenvalue weighted by molar-refractivity contribution is 5.77. The molecule has 1 aromatic carbocycles. The van der Waals surface area contributed by atoms with E-state index >= 15 is 0 Å². The van der Waals surface area contributed by atoms with Crippen LogP contribution in [0.2, 0.25) is 0 Å². The SMILES string of the molecule is COC(=O)CCCN(C)C(=O)COc1c(C)cccc1C. The number of hydrogen-bond acceptors (Lipinski definition) is 4. The molecule has 0 atom stereocenters. The Hall–Kier alpha value is -2.04. The number of carbonyl (C=O) groups is 2. The lowest BCUT2D eigenvalue weighted by atomic mass is 10.1. The molecule has 0 fully saturated rings. The molecule has 0 saturated carbocycles. The molecule has 116 valence electrons. The third kappa shape index (κ3) is 5.45. The fourth-order valence-corrected chi connectivity index (χ4v) is 1.96. The smallest absolute Gasteiger partial charge is 0.305 e. The van der Waals surface area contributed by atoms with Gasteiger partial charge in [0.25, 0.3) is 5.91 Å². The minimum absolute atomic E-state index is 0.000414. The van der Waals surface area contributed by atoms with Crippen LogP contribution in [-0.2, 0) is 14.3 Å². The van der Waals surface area contributed by atoms with Gasteiger partial charge in [0.1, 0.15) is 5.75 Å². The summed E-state index contributed by atoms with van der Waals surface area (Å²) in [5.74, 6) is 0.388. The molecular weight excluding hydrogens is 270 g/mol. The summed E-state index contributed by atoms with van der Waals surface area (Å²) in [6.45, 7) is 4.41. The highest BCUT2D eigenvalue weighted by Gasteiger charge is 2.12. The van der Waals surface area contributed by atoms with Gasteiger partial charge in [0.15, 0.2) is 6.61 Å². The van der Waals surface area contributed by atoms with Gasteiger partial charge in [-0.2, -0.15) is 0 Å². The highest BCUT2D eigenvalue weighted by atomic mass is 16.5. The van der Waals surface area contributed by atoms with Crippen LogP contribution >= 0.6 is 0 Å². The number of para-hydroxylation sites is 1. The first-order valence-electron chi connectivity index (χ1n) is 6.95. The van der Waals surface area contributed by atoms with Gasteiger partial charge in [-0.3, -0.25) is 9.59 Å². The fraction of sp³-hybridized carbons (Fsp3) is 0.500. The molecule has 0 aliphatic heterocycles. The molecule has 1 amide bonds. The third-order valence-electron chi connectivity index (χ3n) is 3.28. The number of rotatable bonds is 7. The third-order valence-corrected chi connectivity index (χ3v) is 3.28. The zero-order valence-corrected chi connectivity index (χ0v) is 13.1. The minimum atomic E-state index is -0.261. The molecule has 1 rings (SSSR count). The molecule has 5 heteroatoms. The van der Waals surface area contributed by atoms with Gasteiger partial charge >= 0.3 is 5.97 Å². The van der Waals surface area contributed by atoms with Gasteiger partial charge < -0.3 is 14.4 Å². The first-order chi connectivity index (χ1) is 9.95. The number of esters is 1. The van der Waals surface area contributed by atoms with Gasteiger partial charge in [0.2, 0.25) is 0 Å². The molecule has 0 aromatic heterocycles. The van der Waals surface area contributed by atoms with Gasteiger partial charge in [-0.25, -0.2) is 0 Å². The van der Waals surface area contributed by atoms with E-state index in [2.05, 4.69) is 4.74 Å². The molecule has 0 spiro atoms. The van der Waals surface area contributed by atoms with Crippen molar-refractivity contribution in [1.29, 1.82) is 0 Å². The van der Waals surface area contributed by atoms with Crippen molar-refractivity contribution in [3.05, 3.63) is 29.3 Å². The highest BCUT2D eigenvalue weighted by Crippen LogP contribution is 2.22. The van der Waals surface area contributed by atoms with E-state index in [1.807, 2.05) is 32.0 Å². The van der Waals surface area contributed by atoms with Crippen LogP contribution in [0.1, 0.15) is 24.0 Å². The van der Waals surface area contributed by atoms with Crippen LogP contribution in [0, 0.1) is 13.8 Å². The quantitative estimate of drug-likeness (QED) is 0.722. The van der Waals surface area contributed by atoms with Crippen LogP contribution in [0.3, 0.4) is 0 Å². The molecule has 0 bridgehead atoms. The standard InChI is InChI=1S/C16H23NO4/c1-12-7-5-8-13(2)16(12)21-11-14(18)17(3)10-6-9-15(19)20-4/h5,7-8H,6,9-11H2,1-4H3.